The van der Waals surface area contributed by atoms with Crippen LogP contribution < -0.4 is 14.9 Å². The van der Waals surface area contributed by atoms with E-state index in [1.54, 1.807) is 10.8 Å². The Morgan fingerprint density at radius 3 is 2.13 bits per heavy atom. The Kier molecular flexibility index (Phi) is 4.84. The van der Waals surface area contributed by atoms with E-state index < -0.39 is 44.0 Å². The Bertz CT molecular complexity index is 1280. The molecule has 3 aromatic rings. The molecule has 0 atom stereocenters. The summed E-state index contributed by atoms with van der Waals surface area (Å²) in [6, 6.07) is 6.80. The van der Waals surface area contributed by atoms with E-state index in [1.807, 2.05) is 0 Å². The molecule has 3 N–H and O–H groups in total. The predicted molar refractivity (Wildman–Crippen MR) is 100.0 cm³/mol. The van der Waals surface area contributed by atoms with Crippen LogP contribution in [-0.2, 0) is 10.0 Å². The molecule has 31 heavy (non-hydrogen) atoms. The number of benzene rings is 2. The Labute approximate surface area is 171 Å². The van der Waals surface area contributed by atoms with Gasteiger partial charge < -0.3 is 14.6 Å². The Hall–Kier alpha value is -3.61. The molecule has 1 aliphatic heterocycles. The number of nitrogens with one attached hydrogen (secondary N) is 3. The first kappa shape index (κ1) is 20.7. The summed E-state index contributed by atoms with van der Waals surface area (Å²) in [7, 11) is -5.14. The van der Waals surface area contributed by atoms with Crippen molar-refractivity contribution < 1.29 is 34.8 Å². The average Bonchev–Trinajstić information content (AvgIpc) is 3.21. The molecular weight excluding hydrogens is 447 g/mol. The summed E-state index contributed by atoms with van der Waals surface area (Å²) >= 11 is 0. The molecule has 1 aliphatic rings. The van der Waals surface area contributed by atoms with Gasteiger partial charge in [-0.05, 0) is 30.3 Å². The smallest absolute Gasteiger partial charge is 0.267 e. The SMILES string of the molecule is N=C1c2ccoc2NCN1c1ccc(NS(=O)(=O)c2c(F)c(F)c(F)c(F)c2F)cc1. The first-order valence-corrected chi connectivity index (χ1v) is 9.92. The molecule has 0 spiro atoms. The van der Waals surface area contributed by atoms with Gasteiger partial charge in [0, 0.05) is 11.4 Å². The molecule has 0 aliphatic carbocycles. The normalized spacial score (nSPS) is 13.7. The van der Waals surface area contributed by atoms with Gasteiger partial charge in [0.2, 0.25) is 11.7 Å². The summed E-state index contributed by atoms with van der Waals surface area (Å²) in [4.78, 5) is -0.456. The monoisotopic (exact) mass is 458 g/mol. The van der Waals surface area contributed by atoms with Gasteiger partial charge in [-0.3, -0.25) is 10.1 Å². The Balaban J connectivity index is 1.61. The molecule has 2 heterocycles. The van der Waals surface area contributed by atoms with Crippen LogP contribution in [-0.4, -0.2) is 20.9 Å². The number of anilines is 3. The van der Waals surface area contributed by atoms with Crippen molar-refractivity contribution in [1.29, 1.82) is 5.41 Å². The maximum absolute atomic E-state index is 13.9. The van der Waals surface area contributed by atoms with Crippen LogP contribution in [0.2, 0.25) is 0 Å². The van der Waals surface area contributed by atoms with Gasteiger partial charge in [-0.2, -0.15) is 0 Å². The largest absolute Gasteiger partial charge is 0.448 e. The Morgan fingerprint density at radius 2 is 1.52 bits per heavy atom. The second-order valence-electron chi connectivity index (χ2n) is 6.33. The lowest BCUT2D eigenvalue weighted by molar-refractivity contribution is 0.358. The number of fused-ring (bicyclic) bond motifs is 1. The van der Waals surface area contributed by atoms with Crippen molar-refractivity contribution in [2.75, 3.05) is 21.6 Å². The van der Waals surface area contributed by atoms with Crippen LogP contribution in [0.1, 0.15) is 5.56 Å². The van der Waals surface area contributed by atoms with Crippen molar-refractivity contribution >= 4 is 33.1 Å². The lowest BCUT2D eigenvalue weighted by Crippen LogP contribution is -2.39. The van der Waals surface area contributed by atoms with E-state index in [0.29, 0.717) is 17.1 Å². The number of hydrogen-bond donors (Lipinski definition) is 3. The third kappa shape index (κ3) is 3.36. The van der Waals surface area contributed by atoms with Crippen molar-refractivity contribution in [2.24, 2.45) is 0 Å². The van der Waals surface area contributed by atoms with Crippen molar-refractivity contribution in [3.8, 4) is 0 Å². The lowest BCUT2D eigenvalue weighted by atomic mass is 10.2. The number of nitrogens with zero attached hydrogens (tertiary/aromatic N) is 1. The van der Waals surface area contributed by atoms with E-state index in [9.17, 15) is 30.4 Å². The number of amidine groups is 1. The molecule has 0 amide bonds. The number of rotatable bonds is 4. The second kappa shape index (κ2) is 7.27. The van der Waals surface area contributed by atoms with E-state index in [2.05, 4.69) is 5.32 Å². The molecule has 0 radical (unpaired) electrons. The first-order valence-electron chi connectivity index (χ1n) is 8.44. The second-order valence-corrected chi connectivity index (χ2v) is 7.95. The van der Waals surface area contributed by atoms with Crippen LogP contribution in [0.25, 0.3) is 0 Å². The predicted octanol–water partition coefficient (Wildman–Crippen LogP) is 3.99. The van der Waals surface area contributed by atoms with Crippen LogP contribution in [0.5, 0.6) is 0 Å². The van der Waals surface area contributed by atoms with Crippen LogP contribution in [0.3, 0.4) is 0 Å². The summed E-state index contributed by atoms with van der Waals surface area (Å²) in [5, 5.41) is 11.2. The van der Waals surface area contributed by atoms with Gasteiger partial charge in [-0.25, -0.2) is 30.4 Å². The van der Waals surface area contributed by atoms with E-state index in [-0.39, 0.29) is 18.2 Å². The molecule has 0 saturated carbocycles. The fourth-order valence-electron chi connectivity index (χ4n) is 2.96. The third-order valence-corrected chi connectivity index (χ3v) is 5.86. The number of furan rings is 1. The van der Waals surface area contributed by atoms with Gasteiger partial charge in [-0.15, -0.1) is 0 Å². The quantitative estimate of drug-likeness (QED) is 0.312. The number of halogens is 5. The highest BCUT2D eigenvalue weighted by Crippen LogP contribution is 2.30. The van der Waals surface area contributed by atoms with Gasteiger partial charge in [0.05, 0.1) is 18.5 Å². The molecule has 0 bridgehead atoms. The van der Waals surface area contributed by atoms with Gasteiger partial charge in [0.1, 0.15) is 5.84 Å². The maximum Gasteiger partial charge on any atom is 0.267 e. The molecule has 13 heteroatoms. The summed E-state index contributed by atoms with van der Waals surface area (Å²) < 4.78 is 99.1. The van der Waals surface area contributed by atoms with Gasteiger partial charge in [0.25, 0.3) is 10.0 Å². The summed E-state index contributed by atoms with van der Waals surface area (Å²) in [5.41, 5.74) is 0.763. The molecule has 2 aromatic carbocycles. The minimum absolute atomic E-state index is 0.109. The summed E-state index contributed by atoms with van der Waals surface area (Å²) in [6.07, 6.45) is 1.41. The minimum Gasteiger partial charge on any atom is -0.448 e. The Morgan fingerprint density at radius 1 is 0.935 bits per heavy atom. The molecule has 4 rings (SSSR count). The van der Waals surface area contributed by atoms with Gasteiger partial charge >= 0.3 is 0 Å². The maximum atomic E-state index is 13.9. The van der Waals surface area contributed by atoms with Gasteiger partial charge in [-0.1, -0.05) is 0 Å². The molecule has 0 fully saturated rings. The highest BCUT2D eigenvalue weighted by molar-refractivity contribution is 7.92. The fourth-order valence-corrected chi connectivity index (χ4v) is 4.16. The average molecular weight is 458 g/mol. The van der Waals surface area contributed by atoms with Crippen LogP contribution in [0, 0.1) is 34.5 Å². The molecule has 162 valence electrons. The lowest BCUT2D eigenvalue weighted by Gasteiger charge is -2.29. The zero-order valence-electron chi connectivity index (χ0n) is 15.1. The van der Waals surface area contributed by atoms with Crippen molar-refractivity contribution in [1.82, 2.24) is 0 Å². The van der Waals surface area contributed by atoms with E-state index >= 15 is 0 Å². The summed E-state index contributed by atoms with van der Waals surface area (Å²) in [6.45, 7) is 0.176. The van der Waals surface area contributed by atoms with Crippen molar-refractivity contribution in [3.05, 3.63) is 71.2 Å². The molecule has 1 aromatic heterocycles. The molecule has 0 unspecified atom stereocenters. The topological polar surface area (TPSA) is 98.4 Å². The van der Waals surface area contributed by atoms with Crippen molar-refractivity contribution in [3.63, 3.8) is 0 Å². The van der Waals surface area contributed by atoms with Crippen LogP contribution >= 0.6 is 0 Å². The van der Waals surface area contributed by atoms with Gasteiger partial charge in [0.15, 0.2) is 28.2 Å². The fraction of sp³-hybridized carbons (Fsp3) is 0.0556. The van der Waals surface area contributed by atoms with Crippen molar-refractivity contribution in [2.45, 2.75) is 4.90 Å². The molecular formula is C18H11F5N4O3S. The highest BCUT2D eigenvalue weighted by Gasteiger charge is 2.33. The van der Waals surface area contributed by atoms with Crippen LogP contribution in [0.4, 0.5) is 39.2 Å². The zero-order chi connectivity index (χ0) is 22.5. The number of sulfonamides is 1. The standard InChI is InChI=1S/C18H11F5N4O3S/c19-11-12(20)14(22)16(15(23)13(11)21)31(28,29)26-8-1-3-9(4-2-8)27-7-25-18-10(17(27)24)5-6-30-18/h1-6,24-26H,7H2. The van der Waals surface area contributed by atoms with E-state index in [4.69, 9.17) is 9.83 Å². The first-order chi connectivity index (χ1) is 14.6. The third-order valence-electron chi connectivity index (χ3n) is 4.46. The van der Waals surface area contributed by atoms with Crippen LogP contribution in [0.15, 0.2) is 45.9 Å². The molecule has 0 saturated heterocycles. The van der Waals surface area contributed by atoms with E-state index in [1.165, 1.54) is 35.4 Å². The highest BCUT2D eigenvalue weighted by atomic mass is 32.2. The zero-order valence-corrected chi connectivity index (χ0v) is 16.0. The molecule has 7 nitrogen and oxygen atoms in total. The number of hydrogen-bond acceptors (Lipinski definition) is 5. The van der Waals surface area contributed by atoms with E-state index in [0.717, 1.165) is 0 Å². The summed E-state index contributed by atoms with van der Waals surface area (Å²) in [5.74, 6) is -11.6. The minimum atomic E-state index is -5.14.